The summed E-state index contributed by atoms with van der Waals surface area (Å²) >= 11 is 0. The lowest BCUT2D eigenvalue weighted by atomic mass is 9.60. The summed E-state index contributed by atoms with van der Waals surface area (Å²) in [4.78, 5) is 0. The van der Waals surface area contributed by atoms with Gasteiger partial charge in [-0.1, -0.05) is 56.9 Å². The van der Waals surface area contributed by atoms with Crippen LogP contribution in [-0.4, -0.2) is 33.1 Å². The molecule has 0 heterocycles. The Hall–Kier alpha value is -0.640. The fourth-order valence-electron chi connectivity index (χ4n) is 6.88. The zero-order chi connectivity index (χ0) is 22.1. The zero-order valence-corrected chi connectivity index (χ0v) is 20.0. The van der Waals surface area contributed by atoms with Crippen molar-refractivity contribution in [2.45, 2.75) is 117 Å². The van der Waals surface area contributed by atoms with Gasteiger partial charge in [0.15, 0.2) is 0 Å². The lowest BCUT2D eigenvalue weighted by Gasteiger charge is -2.44. The van der Waals surface area contributed by atoms with Crippen molar-refractivity contribution in [1.29, 1.82) is 0 Å². The maximum Gasteiger partial charge on any atom is 0.0627 e. The first-order chi connectivity index (χ1) is 14.0. The van der Waals surface area contributed by atoms with E-state index in [1.807, 2.05) is 20.8 Å². The van der Waals surface area contributed by atoms with Crippen molar-refractivity contribution in [3.05, 3.63) is 23.3 Å². The highest BCUT2D eigenvalue weighted by Crippen LogP contribution is 2.60. The van der Waals surface area contributed by atoms with E-state index >= 15 is 0 Å². The second-order valence-corrected chi connectivity index (χ2v) is 11.7. The Kier molecular flexibility index (Phi) is 7.58. The molecule has 3 heteroatoms. The third-order valence-corrected chi connectivity index (χ3v) is 8.86. The number of allylic oxidation sites excluding steroid dienone is 3. The van der Waals surface area contributed by atoms with E-state index in [1.54, 1.807) is 5.57 Å². The summed E-state index contributed by atoms with van der Waals surface area (Å²) in [6.45, 7) is 10.8. The van der Waals surface area contributed by atoms with Gasteiger partial charge in [-0.2, -0.15) is 0 Å². The van der Waals surface area contributed by atoms with E-state index in [4.69, 9.17) is 0 Å². The van der Waals surface area contributed by atoms with Gasteiger partial charge in [0, 0.05) is 5.92 Å². The summed E-state index contributed by atoms with van der Waals surface area (Å²) in [5.74, 6) is 2.15. The fourth-order valence-corrected chi connectivity index (χ4v) is 6.88. The van der Waals surface area contributed by atoms with Crippen LogP contribution in [0.25, 0.3) is 0 Å². The number of fused-ring (bicyclic) bond motifs is 1. The summed E-state index contributed by atoms with van der Waals surface area (Å²) in [6.07, 6.45) is 14.8. The van der Waals surface area contributed by atoms with Gasteiger partial charge in [0.2, 0.25) is 0 Å². The molecule has 3 saturated carbocycles. The molecule has 172 valence electrons. The minimum Gasteiger partial charge on any atom is -0.392 e. The molecule has 0 amide bonds. The number of rotatable bonds is 6. The Bertz CT molecular complexity index is 629. The van der Waals surface area contributed by atoms with Crippen LogP contribution < -0.4 is 0 Å². The van der Waals surface area contributed by atoms with E-state index in [9.17, 15) is 15.3 Å². The van der Waals surface area contributed by atoms with Crippen molar-refractivity contribution in [3.8, 4) is 0 Å². The van der Waals surface area contributed by atoms with Gasteiger partial charge < -0.3 is 15.3 Å². The van der Waals surface area contributed by atoms with Crippen LogP contribution in [0.15, 0.2) is 23.3 Å². The van der Waals surface area contributed by atoms with Crippen molar-refractivity contribution in [1.82, 2.24) is 0 Å². The van der Waals surface area contributed by atoms with Crippen LogP contribution in [0.2, 0.25) is 0 Å². The molecule has 0 aliphatic heterocycles. The van der Waals surface area contributed by atoms with Crippen LogP contribution in [0.3, 0.4) is 0 Å². The Labute approximate surface area is 184 Å². The van der Waals surface area contributed by atoms with Crippen molar-refractivity contribution in [3.63, 3.8) is 0 Å². The third-order valence-electron chi connectivity index (χ3n) is 8.86. The van der Waals surface area contributed by atoms with Crippen molar-refractivity contribution in [2.24, 2.45) is 29.1 Å². The smallest absolute Gasteiger partial charge is 0.0627 e. The van der Waals surface area contributed by atoms with E-state index in [-0.39, 0.29) is 5.92 Å². The molecule has 0 bridgehead atoms. The van der Waals surface area contributed by atoms with E-state index in [0.717, 1.165) is 18.8 Å². The molecular formula is C27H46O3. The van der Waals surface area contributed by atoms with Gasteiger partial charge in [0.05, 0.1) is 17.8 Å². The maximum absolute atomic E-state index is 10.2. The molecule has 3 aliphatic rings. The Balaban J connectivity index is 1.67. The standard InChI is InChI=1S/C27H46O3/c1-18(8-6-14-26(3,4)30)22-12-13-23-21(9-7-15-27(22,23)5)11-10-20-16-24(28)19(2)25(29)17-20/h10-11,18-19,22-25,28-30H,6-9,12-17H2,1-5H3/t18-,19?,22?,23?,24+,25?,27+/m0/s1. The quantitative estimate of drug-likeness (QED) is 0.512. The molecular weight excluding hydrogens is 372 g/mol. The van der Waals surface area contributed by atoms with Gasteiger partial charge >= 0.3 is 0 Å². The number of hydrogen-bond donors (Lipinski definition) is 3. The average Bonchev–Trinajstić information content (AvgIpc) is 3.00. The molecule has 0 saturated heterocycles. The van der Waals surface area contributed by atoms with Gasteiger partial charge in [-0.25, -0.2) is 0 Å². The number of aliphatic hydroxyl groups excluding tert-OH is 2. The van der Waals surface area contributed by atoms with Gasteiger partial charge in [0.1, 0.15) is 0 Å². The maximum atomic E-state index is 10.2. The monoisotopic (exact) mass is 418 g/mol. The van der Waals surface area contributed by atoms with Crippen molar-refractivity contribution >= 4 is 0 Å². The molecule has 3 nitrogen and oxygen atoms in total. The van der Waals surface area contributed by atoms with E-state index in [1.165, 1.54) is 44.1 Å². The average molecular weight is 419 g/mol. The van der Waals surface area contributed by atoms with Crippen LogP contribution in [0.4, 0.5) is 0 Å². The summed E-state index contributed by atoms with van der Waals surface area (Å²) in [7, 11) is 0. The number of hydrogen-bond acceptors (Lipinski definition) is 3. The first kappa shape index (κ1) is 24.0. The Morgan fingerprint density at radius 3 is 2.43 bits per heavy atom. The molecule has 3 rings (SSSR count). The normalized spacial score (nSPS) is 41.3. The van der Waals surface area contributed by atoms with Gasteiger partial charge in [-0.3, -0.25) is 0 Å². The molecule has 3 aliphatic carbocycles. The summed E-state index contributed by atoms with van der Waals surface area (Å²) in [5, 5.41) is 30.5. The molecule has 0 aromatic rings. The lowest BCUT2D eigenvalue weighted by Crippen LogP contribution is -2.36. The first-order valence-electron chi connectivity index (χ1n) is 12.5. The van der Waals surface area contributed by atoms with E-state index in [2.05, 4.69) is 26.0 Å². The molecule has 4 unspecified atom stereocenters. The highest BCUT2D eigenvalue weighted by molar-refractivity contribution is 5.26. The third kappa shape index (κ3) is 5.40. The van der Waals surface area contributed by atoms with Crippen LogP contribution in [0.1, 0.15) is 98.8 Å². The van der Waals surface area contributed by atoms with Gasteiger partial charge in [-0.15, -0.1) is 0 Å². The van der Waals surface area contributed by atoms with E-state index < -0.39 is 17.8 Å². The topological polar surface area (TPSA) is 60.7 Å². The highest BCUT2D eigenvalue weighted by atomic mass is 16.3. The molecule has 0 aromatic carbocycles. The first-order valence-corrected chi connectivity index (χ1v) is 12.5. The lowest BCUT2D eigenvalue weighted by molar-refractivity contribution is 0.00406. The van der Waals surface area contributed by atoms with Gasteiger partial charge in [-0.05, 0) is 88.4 Å². The van der Waals surface area contributed by atoms with Gasteiger partial charge in [0.25, 0.3) is 0 Å². The molecule has 30 heavy (non-hydrogen) atoms. The van der Waals surface area contributed by atoms with Crippen LogP contribution in [0, 0.1) is 29.1 Å². The molecule has 0 spiro atoms. The fraction of sp³-hybridized carbons (Fsp3) is 0.852. The minimum atomic E-state index is -0.547. The molecule has 0 radical (unpaired) electrons. The van der Waals surface area contributed by atoms with Crippen LogP contribution in [0.5, 0.6) is 0 Å². The molecule has 0 aromatic heterocycles. The highest BCUT2D eigenvalue weighted by Gasteiger charge is 2.50. The predicted octanol–water partition coefficient (Wildman–Crippen LogP) is 5.78. The largest absolute Gasteiger partial charge is 0.392 e. The second kappa shape index (κ2) is 9.46. The second-order valence-electron chi connectivity index (χ2n) is 11.7. The van der Waals surface area contributed by atoms with Crippen LogP contribution in [-0.2, 0) is 0 Å². The molecule has 3 fully saturated rings. The molecule has 7 atom stereocenters. The Morgan fingerprint density at radius 2 is 1.80 bits per heavy atom. The number of aliphatic hydroxyl groups is 3. The molecule has 3 N–H and O–H groups in total. The zero-order valence-electron chi connectivity index (χ0n) is 20.0. The SMILES string of the molecule is CC1C(O)CC(=CC=C2CCC[C@@]3(C)C2CCC3[C@@H](C)CCCC(C)(C)O)C[C@H]1O. The summed E-state index contributed by atoms with van der Waals surface area (Å²) < 4.78 is 0. The van der Waals surface area contributed by atoms with Crippen molar-refractivity contribution < 1.29 is 15.3 Å². The van der Waals surface area contributed by atoms with Crippen molar-refractivity contribution in [2.75, 3.05) is 0 Å². The van der Waals surface area contributed by atoms with E-state index in [0.29, 0.717) is 30.1 Å². The summed E-state index contributed by atoms with van der Waals surface area (Å²) in [6, 6.07) is 0. The summed E-state index contributed by atoms with van der Waals surface area (Å²) in [5.41, 5.74) is 2.65. The Morgan fingerprint density at radius 1 is 1.13 bits per heavy atom. The van der Waals surface area contributed by atoms with Crippen LogP contribution >= 0.6 is 0 Å². The predicted molar refractivity (Wildman–Crippen MR) is 124 cm³/mol. The minimum absolute atomic E-state index is 0.0266.